The number of rotatable bonds is 3. The number of hydrogen-bond acceptors (Lipinski definition) is 2. The third-order valence-electron chi connectivity index (χ3n) is 6.60. The minimum atomic E-state index is -0.144. The third kappa shape index (κ3) is 3.31. The lowest BCUT2D eigenvalue weighted by Gasteiger charge is -2.24. The topological polar surface area (TPSA) is 65.2 Å². The van der Waals surface area contributed by atoms with Gasteiger partial charge in [0.1, 0.15) is 0 Å². The van der Waals surface area contributed by atoms with Gasteiger partial charge < -0.3 is 15.2 Å². The molecule has 1 saturated carbocycles. The van der Waals surface area contributed by atoms with Crippen LogP contribution in [0.25, 0.3) is 10.9 Å². The molecule has 1 aliphatic heterocycles. The van der Waals surface area contributed by atoms with Crippen LogP contribution in [-0.2, 0) is 6.54 Å². The number of nitrogens with zero attached hydrogens (tertiary/aromatic N) is 1. The summed E-state index contributed by atoms with van der Waals surface area (Å²) in [5.41, 5.74) is 2.83. The predicted molar refractivity (Wildman–Crippen MR) is 114 cm³/mol. The Morgan fingerprint density at radius 3 is 2.72 bits per heavy atom. The highest BCUT2D eigenvalue weighted by molar-refractivity contribution is 5.82. The summed E-state index contributed by atoms with van der Waals surface area (Å²) in [5, 5.41) is 4.05. The van der Waals surface area contributed by atoms with Crippen molar-refractivity contribution >= 4 is 16.9 Å². The average Bonchev–Trinajstić information content (AvgIpc) is 3.35. The zero-order chi connectivity index (χ0) is 19.8. The van der Waals surface area contributed by atoms with Gasteiger partial charge in [0.05, 0.1) is 0 Å². The summed E-state index contributed by atoms with van der Waals surface area (Å²) in [5.74, 6) is 0.957. The van der Waals surface area contributed by atoms with Crippen LogP contribution in [-0.4, -0.2) is 28.5 Å². The van der Waals surface area contributed by atoms with Crippen molar-refractivity contribution < 1.29 is 4.79 Å². The fourth-order valence-corrected chi connectivity index (χ4v) is 5.29. The largest absolute Gasteiger partial charge is 0.334 e. The molecule has 1 saturated heterocycles. The van der Waals surface area contributed by atoms with E-state index in [-0.39, 0.29) is 11.6 Å². The maximum atomic E-state index is 13.1. The van der Waals surface area contributed by atoms with E-state index in [1.165, 1.54) is 18.4 Å². The van der Waals surface area contributed by atoms with Gasteiger partial charge in [0.25, 0.3) is 0 Å². The number of nitrogens with one attached hydrogen (secondary N) is 2. The number of urea groups is 1. The van der Waals surface area contributed by atoms with Crippen molar-refractivity contribution in [2.45, 2.75) is 37.8 Å². The Hall–Kier alpha value is -3.08. The minimum absolute atomic E-state index is 0.0234. The highest BCUT2D eigenvalue weighted by Crippen LogP contribution is 2.46. The van der Waals surface area contributed by atoms with Crippen molar-refractivity contribution in [2.24, 2.45) is 5.92 Å². The number of benzene rings is 2. The fourth-order valence-electron chi connectivity index (χ4n) is 5.29. The van der Waals surface area contributed by atoms with Crippen LogP contribution in [0, 0.1) is 5.92 Å². The lowest BCUT2D eigenvalue weighted by Crippen LogP contribution is -2.43. The number of pyridine rings is 1. The van der Waals surface area contributed by atoms with Gasteiger partial charge in [0, 0.05) is 42.0 Å². The van der Waals surface area contributed by atoms with E-state index in [1.807, 2.05) is 35.2 Å². The van der Waals surface area contributed by atoms with Gasteiger partial charge >= 0.3 is 6.03 Å². The average molecular weight is 387 g/mol. The lowest BCUT2D eigenvalue weighted by molar-refractivity contribution is 0.189. The molecule has 29 heavy (non-hydrogen) atoms. The van der Waals surface area contributed by atoms with E-state index in [0.29, 0.717) is 24.4 Å². The molecule has 3 aromatic rings. The van der Waals surface area contributed by atoms with Crippen LogP contribution in [0.5, 0.6) is 0 Å². The molecule has 2 aromatic carbocycles. The Bertz CT molecular complexity index is 1090. The van der Waals surface area contributed by atoms with Crippen LogP contribution < -0.4 is 10.9 Å². The number of carbonyl (C=O) groups is 1. The number of carbonyl (C=O) groups excluding carboxylic acids is 1. The highest BCUT2D eigenvalue weighted by atomic mass is 16.2. The number of para-hydroxylation sites is 1. The van der Waals surface area contributed by atoms with Crippen LogP contribution >= 0.6 is 0 Å². The van der Waals surface area contributed by atoms with E-state index in [2.05, 4.69) is 34.6 Å². The molecule has 0 spiro atoms. The molecule has 5 heteroatoms. The van der Waals surface area contributed by atoms with Crippen LogP contribution in [0.4, 0.5) is 4.79 Å². The maximum Gasteiger partial charge on any atom is 0.317 e. The first kappa shape index (κ1) is 18.0. The number of amides is 2. The summed E-state index contributed by atoms with van der Waals surface area (Å²) in [6.45, 7) is 1.12. The number of aromatic nitrogens is 1. The van der Waals surface area contributed by atoms with E-state index in [9.17, 15) is 9.59 Å². The van der Waals surface area contributed by atoms with E-state index in [0.717, 1.165) is 29.4 Å². The molecule has 3 atom stereocenters. The summed E-state index contributed by atoms with van der Waals surface area (Å²) >= 11 is 0. The molecular weight excluding hydrogens is 362 g/mol. The van der Waals surface area contributed by atoms with Gasteiger partial charge in [-0.05, 0) is 36.0 Å². The zero-order valence-electron chi connectivity index (χ0n) is 16.3. The monoisotopic (exact) mass is 387 g/mol. The SMILES string of the molecule is O=C(NCc1cc(=O)[nH]c2ccccc12)N1CC(c2ccccc2)C2CCCC21. The summed E-state index contributed by atoms with van der Waals surface area (Å²) in [4.78, 5) is 29.9. The second-order valence-electron chi connectivity index (χ2n) is 8.19. The first-order valence-corrected chi connectivity index (χ1v) is 10.4. The van der Waals surface area contributed by atoms with Crippen molar-refractivity contribution in [2.75, 3.05) is 6.54 Å². The number of likely N-dealkylation sites (tertiary alicyclic amines) is 1. The summed E-state index contributed by atoms with van der Waals surface area (Å²) in [6.07, 6.45) is 3.45. The Morgan fingerprint density at radius 1 is 1.07 bits per heavy atom. The number of H-pyrrole nitrogens is 1. The van der Waals surface area contributed by atoms with E-state index >= 15 is 0 Å². The minimum Gasteiger partial charge on any atom is -0.334 e. The Morgan fingerprint density at radius 2 is 1.86 bits per heavy atom. The van der Waals surface area contributed by atoms with Gasteiger partial charge in [0.2, 0.25) is 5.56 Å². The zero-order valence-corrected chi connectivity index (χ0v) is 16.3. The molecular formula is C24H25N3O2. The molecule has 0 radical (unpaired) electrons. The normalized spacial score (nSPS) is 23.3. The smallest absolute Gasteiger partial charge is 0.317 e. The molecule has 0 bridgehead atoms. The summed E-state index contributed by atoms with van der Waals surface area (Å²) in [7, 11) is 0. The molecule has 2 N–H and O–H groups in total. The molecule has 5 rings (SSSR count). The summed E-state index contributed by atoms with van der Waals surface area (Å²) < 4.78 is 0. The number of hydrogen-bond donors (Lipinski definition) is 2. The lowest BCUT2D eigenvalue weighted by atomic mass is 9.87. The van der Waals surface area contributed by atoms with Crippen molar-refractivity contribution in [1.82, 2.24) is 15.2 Å². The predicted octanol–water partition coefficient (Wildman–Crippen LogP) is 4.01. The molecule has 2 fully saturated rings. The molecule has 1 aromatic heterocycles. The number of fused-ring (bicyclic) bond motifs is 2. The van der Waals surface area contributed by atoms with Crippen LogP contribution in [0.15, 0.2) is 65.5 Å². The Labute approximate surface area is 169 Å². The van der Waals surface area contributed by atoms with Gasteiger partial charge in [-0.2, -0.15) is 0 Å². The first-order valence-electron chi connectivity index (χ1n) is 10.4. The molecule has 148 valence electrons. The van der Waals surface area contributed by atoms with Crippen LogP contribution in [0.2, 0.25) is 0 Å². The fraction of sp³-hybridized carbons (Fsp3) is 0.333. The molecule has 3 unspecified atom stereocenters. The highest BCUT2D eigenvalue weighted by Gasteiger charge is 2.46. The third-order valence-corrected chi connectivity index (χ3v) is 6.60. The second-order valence-corrected chi connectivity index (χ2v) is 8.19. The van der Waals surface area contributed by atoms with Gasteiger partial charge in [0.15, 0.2) is 0 Å². The van der Waals surface area contributed by atoms with Crippen LogP contribution in [0.3, 0.4) is 0 Å². The molecule has 2 amide bonds. The van der Waals surface area contributed by atoms with E-state index < -0.39 is 0 Å². The Balaban J connectivity index is 1.35. The molecule has 2 aliphatic rings. The summed E-state index contributed by atoms with van der Waals surface area (Å²) in [6, 6.07) is 20.2. The van der Waals surface area contributed by atoms with Crippen molar-refractivity contribution in [3.8, 4) is 0 Å². The van der Waals surface area contributed by atoms with Crippen molar-refractivity contribution in [1.29, 1.82) is 0 Å². The molecule has 1 aliphatic carbocycles. The van der Waals surface area contributed by atoms with Gasteiger partial charge in [-0.15, -0.1) is 0 Å². The van der Waals surface area contributed by atoms with Crippen molar-refractivity contribution in [3.63, 3.8) is 0 Å². The number of aromatic amines is 1. The standard InChI is InChI=1S/C24H25N3O2/c28-23-13-17(18-9-4-5-11-21(18)26-23)14-25-24(29)27-15-20(16-7-2-1-3-8-16)19-10-6-12-22(19)27/h1-5,7-9,11,13,19-20,22H,6,10,12,14-15H2,(H,25,29)(H,26,28). The second kappa shape index (κ2) is 7.39. The molecule has 2 heterocycles. The van der Waals surface area contributed by atoms with Crippen molar-refractivity contribution in [3.05, 3.63) is 82.1 Å². The van der Waals surface area contributed by atoms with E-state index in [4.69, 9.17) is 0 Å². The van der Waals surface area contributed by atoms with Gasteiger partial charge in [-0.25, -0.2) is 4.79 Å². The van der Waals surface area contributed by atoms with Crippen LogP contribution in [0.1, 0.15) is 36.3 Å². The van der Waals surface area contributed by atoms with Gasteiger partial charge in [-0.1, -0.05) is 55.0 Å². The maximum absolute atomic E-state index is 13.1. The first-order chi connectivity index (χ1) is 14.2. The Kier molecular flexibility index (Phi) is 4.58. The van der Waals surface area contributed by atoms with Gasteiger partial charge in [-0.3, -0.25) is 4.79 Å². The quantitative estimate of drug-likeness (QED) is 0.713. The van der Waals surface area contributed by atoms with E-state index in [1.54, 1.807) is 6.07 Å². The molecule has 5 nitrogen and oxygen atoms in total.